The average molecular weight is 387 g/mol. The van der Waals surface area contributed by atoms with Crippen molar-refractivity contribution in [2.75, 3.05) is 13.1 Å². The quantitative estimate of drug-likeness (QED) is 0.764. The molecular weight excluding hydrogens is 369 g/mol. The molecule has 0 spiro atoms. The smallest absolute Gasteiger partial charge is 0.255 e. The highest BCUT2D eigenvalue weighted by Gasteiger charge is 2.15. The molecule has 1 rings (SSSR count). The fraction of sp³-hybridized carbons (Fsp3) is 0.417. The maximum Gasteiger partial charge on any atom is 0.255 e. The van der Waals surface area contributed by atoms with Gasteiger partial charge in [-0.15, -0.1) is 12.4 Å². The van der Waals surface area contributed by atoms with Crippen LogP contribution in [-0.2, 0) is 0 Å². The lowest BCUT2D eigenvalue weighted by molar-refractivity contribution is 0.0945. The standard InChI is InChI=1S/C12H16FIN2O.ClH/c1-3-15-8(2)7-16-12(17)11-9(13)5-4-6-10(11)14;/h4-6,8,15H,3,7H2,1-2H3,(H,16,17);1H/t8-;/m1./s1. The third-order valence-electron chi connectivity index (χ3n) is 2.31. The van der Waals surface area contributed by atoms with Crippen molar-refractivity contribution >= 4 is 40.9 Å². The fourth-order valence-electron chi connectivity index (χ4n) is 1.47. The minimum Gasteiger partial charge on any atom is -0.350 e. The van der Waals surface area contributed by atoms with Gasteiger partial charge in [-0.25, -0.2) is 4.39 Å². The summed E-state index contributed by atoms with van der Waals surface area (Å²) in [6.45, 7) is 5.29. The van der Waals surface area contributed by atoms with Crippen LogP contribution in [-0.4, -0.2) is 25.0 Å². The number of nitrogens with one attached hydrogen (secondary N) is 2. The largest absolute Gasteiger partial charge is 0.350 e. The molecule has 0 unspecified atom stereocenters. The van der Waals surface area contributed by atoms with Crippen LogP contribution in [0.15, 0.2) is 18.2 Å². The number of hydrogen-bond acceptors (Lipinski definition) is 2. The summed E-state index contributed by atoms with van der Waals surface area (Å²) in [6.07, 6.45) is 0. The zero-order valence-corrected chi connectivity index (χ0v) is 13.3. The molecule has 1 aromatic rings. The molecule has 0 aliphatic heterocycles. The van der Waals surface area contributed by atoms with Gasteiger partial charge in [0.15, 0.2) is 0 Å². The monoisotopic (exact) mass is 386 g/mol. The molecular formula is C12H17ClFIN2O. The van der Waals surface area contributed by atoms with E-state index in [1.165, 1.54) is 6.07 Å². The Morgan fingerprint density at radius 2 is 2.17 bits per heavy atom. The molecule has 0 aliphatic rings. The molecule has 0 saturated heterocycles. The van der Waals surface area contributed by atoms with E-state index in [0.29, 0.717) is 10.1 Å². The molecule has 1 atom stereocenters. The van der Waals surface area contributed by atoms with E-state index in [2.05, 4.69) is 10.6 Å². The van der Waals surface area contributed by atoms with Gasteiger partial charge < -0.3 is 10.6 Å². The first-order chi connectivity index (χ1) is 8.06. The van der Waals surface area contributed by atoms with Crippen LogP contribution in [0.3, 0.4) is 0 Å². The van der Waals surface area contributed by atoms with Crippen molar-refractivity contribution in [3.63, 3.8) is 0 Å². The Labute approximate surface area is 126 Å². The number of likely N-dealkylation sites (N-methyl/N-ethyl adjacent to an activating group) is 1. The first-order valence-electron chi connectivity index (χ1n) is 5.51. The lowest BCUT2D eigenvalue weighted by Crippen LogP contribution is -2.39. The summed E-state index contributed by atoms with van der Waals surface area (Å²) in [5.74, 6) is -0.845. The van der Waals surface area contributed by atoms with Gasteiger partial charge >= 0.3 is 0 Å². The second kappa shape index (κ2) is 8.66. The number of carbonyl (C=O) groups is 1. The number of hydrogen-bond donors (Lipinski definition) is 2. The second-order valence-corrected chi connectivity index (χ2v) is 4.93. The number of benzene rings is 1. The maximum absolute atomic E-state index is 13.5. The molecule has 1 amide bonds. The zero-order valence-electron chi connectivity index (χ0n) is 10.3. The zero-order chi connectivity index (χ0) is 12.8. The highest BCUT2D eigenvalue weighted by Crippen LogP contribution is 2.15. The molecule has 0 aliphatic carbocycles. The van der Waals surface area contributed by atoms with Crippen molar-refractivity contribution < 1.29 is 9.18 Å². The summed E-state index contributed by atoms with van der Waals surface area (Å²) < 4.78 is 14.1. The Morgan fingerprint density at radius 3 is 2.72 bits per heavy atom. The van der Waals surface area contributed by atoms with Gasteiger partial charge in [0.25, 0.3) is 5.91 Å². The van der Waals surface area contributed by atoms with Crippen LogP contribution in [0.25, 0.3) is 0 Å². The number of rotatable bonds is 5. The molecule has 0 saturated carbocycles. The topological polar surface area (TPSA) is 41.1 Å². The van der Waals surface area contributed by atoms with Gasteiger partial charge in [-0.3, -0.25) is 4.79 Å². The van der Waals surface area contributed by atoms with Crippen LogP contribution in [0, 0.1) is 9.39 Å². The molecule has 0 fully saturated rings. The second-order valence-electron chi connectivity index (χ2n) is 3.77. The van der Waals surface area contributed by atoms with Gasteiger partial charge in [0.05, 0.1) is 5.56 Å². The molecule has 102 valence electrons. The highest BCUT2D eigenvalue weighted by atomic mass is 127. The number of amides is 1. The van der Waals surface area contributed by atoms with Crippen molar-refractivity contribution in [3.8, 4) is 0 Å². The summed E-state index contributed by atoms with van der Waals surface area (Å²) in [5, 5.41) is 5.89. The van der Waals surface area contributed by atoms with E-state index in [-0.39, 0.29) is 29.9 Å². The molecule has 0 bridgehead atoms. The Kier molecular flexibility index (Phi) is 8.47. The van der Waals surface area contributed by atoms with Crippen LogP contribution in [0.2, 0.25) is 0 Å². The molecule has 3 nitrogen and oxygen atoms in total. The van der Waals surface area contributed by atoms with E-state index in [1.807, 2.05) is 36.4 Å². The third kappa shape index (κ3) is 5.07. The molecule has 18 heavy (non-hydrogen) atoms. The van der Waals surface area contributed by atoms with Crippen LogP contribution < -0.4 is 10.6 Å². The first-order valence-corrected chi connectivity index (χ1v) is 6.59. The van der Waals surface area contributed by atoms with E-state index in [4.69, 9.17) is 0 Å². The minimum atomic E-state index is -0.481. The Morgan fingerprint density at radius 1 is 1.50 bits per heavy atom. The number of carbonyl (C=O) groups excluding carboxylic acids is 1. The number of halogens is 3. The van der Waals surface area contributed by atoms with Crippen molar-refractivity contribution in [1.29, 1.82) is 0 Å². The Bertz CT molecular complexity index is 383. The predicted molar refractivity (Wildman–Crippen MR) is 81.8 cm³/mol. The lowest BCUT2D eigenvalue weighted by atomic mass is 10.2. The summed E-state index contributed by atoms with van der Waals surface area (Å²) in [5.41, 5.74) is 0.122. The van der Waals surface area contributed by atoms with Crippen molar-refractivity contribution in [2.45, 2.75) is 19.9 Å². The predicted octanol–water partition coefficient (Wildman–Crippen LogP) is 2.58. The van der Waals surface area contributed by atoms with E-state index in [9.17, 15) is 9.18 Å². The summed E-state index contributed by atoms with van der Waals surface area (Å²) in [4.78, 5) is 11.8. The van der Waals surface area contributed by atoms with E-state index in [0.717, 1.165) is 6.54 Å². The third-order valence-corrected chi connectivity index (χ3v) is 3.21. The Hall–Kier alpha value is -0.400. The first kappa shape index (κ1) is 17.6. The fourth-order valence-corrected chi connectivity index (χ4v) is 2.18. The van der Waals surface area contributed by atoms with Gasteiger partial charge in [0, 0.05) is 16.2 Å². The molecule has 0 heterocycles. The van der Waals surface area contributed by atoms with Gasteiger partial charge in [-0.05, 0) is 48.2 Å². The van der Waals surface area contributed by atoms with Crippen LogP contribution >= 0.6 is 35.0 Å². The van der Waals surface area contributed by atoms with Gasteiger partial charge in [0.1, 0.15) is 5.82 Å². The van der Waals surface area contributed by atoms with E-state index >= 15 is 0 Å². The normalized spacial score (nSPS) is 11.6. The molecule has 0 aromatic heterocycles. The van der Waals surface area contributed by atoms with Crippen LogP contribution in [0.1, 0.15) is 24.2 Å². The highest BCUT2D eigenvalue weighted by molar-refractivity contribution is 14.1. The van der Waals surface area contributed by atoms with Crippen molar-refractivity contribution in [1.82, 2.24) is 10.6 Å². The summed E-state index contributed by atoms with van der Waals surface area (Å²) in [6, 6.07) is 4.78. The maximum atomic E-state index is 13.5. The molecule has 1 aromatic carbocycles. The van der Waals surface area contributed by atoms with E-state index in [1.54, 1.807) is 12.1 Å². The minimum absolute atomic E-state index is 0. The molecule has 0 radical (unpaired) electrons. The molecule has 2 N–H and O–H groups in total. The van der Waals surface area contributed by atoms with Gasteiger partial charge in [0.2, 0.25) is 0 Å². The van der Waals surface area contributed by atoms with Crippen LogP contribution in [0.4, 0.5) is 4.39 Å². The summed E-state index contributed by atoms with van der Waals surface area (Å²) in [7, 11) is 0. The van der Waals surface area contributed by atoms with Crippen LogP contribution in [0.5, 0.6) is 0 Å². The van der Waals surface area contributed by atoms with Crippen molar-refractivity contribution in [3.05, 3.63) is 33.1 Å². The SMILES string of the molecule is CCN[C@H](C)CNC(=O)c1c(F)cccc1I.Cl. The summed E-state index contributed by atoms with van der Waals surface area (Å²) >= 11 is 1.96. The van der Waals surface area contributed by atoms with Gasteiger partial charge in [-0.2, -0.15) is 0 Å². The van der Waals surface area contributed by atoms with Crippen molar-refractivity contribution in [2.24, 2.45) is 0 Å². The average Bonchev–Trinajstić information content (AvgIpc) is 2.26. The van der Waals surface area contributed by atoms with E-state index < -0.39 is 5.82 Å². The molecule has 6 heteroatoms. The Balaban J connectivity index is 0.00000289. The lowest BCUT2D eigenvalue weighted by Gasteiger charge is -2.14. The van der Waals surface area contributed by atoms with Gasteiger partial charge in [-0.1, -0.05) is 13.0 Å².